The molecule has 0 saturated heterocycles. The fourth-order valence-corrected chi connectivity index (χ4v) is 1.61. The van der Waals surface area contributed by atoms with Crippen LogP contribution in [-0.2, 0) is 13.0 Å². The summed E-state index contributed by atoms with van der Waals surface area (Å²) in [5.74, 6) is 1.33. The monoisotopic (exact) mass is 262 g/mol. The molecule has 0 radical (unpaired) electrons. The predicted molar refractivity (Wildman–Crippen MR) is 70.7 cm³/mol. The second-order valence-corrected chi connectivity index (χ2v) is 4.00. The van der Waals surface area contributed by atoms with Gasteiger partial charge in [-0.1, -0.05) is 6.92 Å². The molecular weight excluding hydrogens is 248 g/mol. The maximum Gasteiger partial charge on any atom is 0.273 e. The van der Waals surface area contributed by atoms with Gasteiger partial charge in [0.1, 0.15) is 5.76 Å². The van der Waals surface area contributed by atoms with E-state index in [9.17, 15) is 10.1 Å². The highest BCUT2D eigenvalue weighted by atomic mass is 16.6. The van der Waals surface area contributed by atoms with Crippen molar-refractivity contribution < 1.29 is 9.34 Å². The lowest BCUT2D eigenvalue weighted by molar-refractivity contribution is -0.384. The number of rotatable bonds is 5. The Morgan fingerprint density at radius 3 is 2.89 bits per heavy atom. The van der Waals surface area contributed by atoms with Crippen LogP contribution in [0.25, 0.3) is 0 Å². The number of nitro groups is 1. The van der Waals surface area contributed by atoms with Crippen LogP contribution in [0, 0.1) is 10.1 Å². The first-order valence-electron chi connectivity index (χ1n) is 5.81. The molecule has 100 valence electrons. The minimum Gasteiger partial charge on any atom is -0.444 e. The standard InChI is InChI=1S/C12H14N4O3/c1-2-11-6-15-12(19-11)7-14-9-3-8(13)4-10(5-9)16(17)18/h3-6,14H,2,7,13H2,1H3. The minimum atomic E-state index is -0.484. The van der Waals surface area contributed by atoms with Crippen LogP contribution in [0.5, 0.6) is 0 Å². The van der Waals surface area contributed by atoms with E-state index >= 15 is 0 Å². The lowest BCUT2D eigenvalue weighted by Gasteiger charge is -2.05. The maximum absolute atomic E-state index is 10.7. The maximum atomic E-state index is 10.7. The van der Waals surface area contributed by atoms with Gasteiger partial charge in [0.2, 0.25) is 5.89 Å². The van der Waals surface area contributed by atoms with Gasteiger partial charge in [0.05, 0.1) is 17.7 Å². The summed E-state index contributed by atoms with van der Waals surface area (Å²) in [6, 6.07) is 4.35. The highest BCUT2D eigenvalue weighted by Crippen LogP contribution is 2.22. The molecule has 1 aromatic heterocycles. The van der Waals surface area contributed by atoms with Crippen molar-refractivity contribution in [1.82, 2.24) is 4.98 Å². The van der Waals surface area contributed by atoms with Gasteiger partial charge in [0.15, 0.2) is 0 Å². The smallest absolute Gasteiger partial charge is 0.273 e. The molecule has 0 unspecified atom stereocenters. The molecule has 0 aliphatic rings. The predicted octanol–water partition coefficient (Wildman–Crippen LogP) is 2.34. The van der Waals surface area contributed by atoms with Crippen molar-refractivity contribution in [1.29, 1.82) is 0 Å². The van der Waals surface area contributed by atoms with Crippen molar-refractivity contribution in [2.45, 2.75) is 19.9 Å². The summed E-state index contributed by atoms with van der Waals surface area (Å²) in [4.78, 5) is 14.3. The largest absolute Gasteiger partial charge is 0.444 e. The second-order valence-electron chi connectivity index (χ2n) is 4.00. The number of oxazole rings is 1. The van der Waals surface area contributed by atoms with Crippen LogP contribution in [0.3, 0.4) is 0 Å². The van der Waals surface area contributed by atoms with Crippen LogP contribution in [-0.4, -0.2) is 9.91 Å². The zero-order valence-corrected chi connectivity index (χ0v) is 10.4. The molecule has 0 fully saturated rings. The van der Waals surface area contributed by atoms with Crippen molar-refractivity contribution in [2.24, 2.45) is 0 Å². The topological polar surface area (TPSA) is 107 Å². The number of nitrogens with one attached hydrogen (secondary N) is 1. The molecule has 1 heterocycles. The Kier molecular flexibility index (Phi) is 3.65. The zero-order chi connectivity index (χ0) is 13.8. The van der Waals surface area contributed by atoms with Gasteiger partial charge in [0.25, 0.3) is 5.69 Å². The number of aromatic nitrogens is 1. The third-order valence-electron chi connectivity index (χ3n) is 2.54. The summed E-state index contributed by atoms with van der Waals surface area (Å²) < 4.78 is 5.42. The third kappa shape index (κ3) is 3.21. The highest BCUT2D eigenvalue weighted by molar-refractivity contribution is 5.61. The molecule has 3 N–H and O–H groups in total. The SMILES string of the molecule is CCc1cnc(CNc2cc(N)cc([N+](=O)[O-])c2)o1. The lowest BCUT2D eigenvalue weighted by Crippen LogP contribution is -2.01. The molecule has 2 rings (SSSR count). The van der Waals surface area contributed by atoms with Crippen LogP contribution in [0.15, 0.2) is 28.8 Å². The molecule has 7 heteroatoms. The quantitative estimate of drug-likeness (QED) is 0.486. The first-order chi connectivity index (χ1) is 9.08. The number of nitro benzene ring substituents is 1. The van der Waals surface area contributed by atoms with Crippen molar-refractivity contribution in [3.8, 4) is 0 Å². The Hall–Kier alpha value is -2.57. The Bertz CT molecular complexity index is 594. The molecule has 0 atom stereocenters. The van der Waals surface area contributed by atoms with Gasteiger partial charge in [-0.3, -0.25) is 10.1 Å². The van der Waals surface area contributed by atoms with E-state index in [4.69, 9.17) is 10.2 Å². The Morgan fingerprint density at radius 2 is 2.26 bits per heavy atom. The number of hydrogen-bond acceptors (Lipinski definition) is 6. The average Bonchev–Trinajstić information content (AvgIpc) is 2.83. The van der Waals surface area contributed by atoms with Gasteiger partial charge in [0, 0.05) is 29.9 Å². The molecule has 0 spiro atoms. The Balaban J connectivity index is 2.08. The molecule has 0 amide bonds. The molecule has 0 bridgehead atoms. The fraction of sp³-hybridized carbons (Fsp3) is 0.250. The van der Waals surface area contributed by atoms with Crippen LogP contribution in [0.4, 0.5) is 17.1 Å². The van der Waals surface area contributed by atoms with Gasteiger partial charge < -0.3 is 15.5 Å². The van der Waals surface area contributed by atoms with E-state index in [0.29, 0.717) is 23.8 Å². The van der Waals surface area contributed by atoms with Gasteiger partial charge in [-0.15, -0.1) is 0 Å². The van der Waals surface area contributed by atoms with E-state index in [1.165, 1.54) is 12.1 Å². The van der Waals surface area contributed by atoms with E-state index in [1.807, 2.05) is 6.92 Å². The lowest BCUT2D eigenvalue weighted by atomic mass is 10.2. The Labute approximate surface area is 109 Å². The summed E-state index contributed by atoms with van der Waals surface area (Å²) in [6.07, 6.45) is 2.44. The van der Waals surface area contributed by atoms with E-state index in [2.05, 4.69) is 10.3 Å². The second kappa shape index (κ2) is 5.38. The molecule has 7 nitrogen and oxygen atoms in total. The summed E-state index contributed by atoms with van der Waals surface area (Å²) >= 11 is 0. The summed E-state index contributed by atoms with van der Waals surface area (Å²) in [5, 5.41) is 13.7. The van der Waals surface area contributed by atoms with Crippen molar-refractivity contribution in [3.05, 3.63) is 46.2 Å². The van der Waals surface area contributed by atoms with Crippen molar-refractivity contribution in [2.75, 3.05) is 11.1 Å². The molecular formula is C12H14N4O3. The van der Waals surface area contributed by atoms with E-state index in [1.54, 1.807) is 12.3 Å². The van der Waals surface area contributed by atoms with Crippen LogP contribution in [0.2, 0.25) is 0 Å². The molecule has 2 aromatic rings. The van der Waals surface area contributed by atoms with Crippen LogP contribution >= 0.6 is 0 Å². The van der Waals surface area contributed by atoms with Gasteiger partial charge in [-0.05, 0) is 6.07 Å². The molecule has 0 saturated carbocycles. The van der Waals surface area contributed by atoms with Crippen molar-refractivity contribution >= 4 is 17.1 Å². The number of aryl methyl sites for hydroxylation is 1. The number of nitrogens with zero attached hydrogens (tertiary/aromatic N) is 2. The van der Waals surface area contributed by atoms with Crippen LogP contribution < -0.4 is 11.1 Å². The van der Waals surface area contributed by atoms with Gasteiger partial charge in [-0.25, -0.2) is 4.98 Å². The molecule has 0 aliphatic heterocycles. The highest BCUT2D eigenvalue weighted by Gasteiger charge is 2.09. The number of hydrogen-bond donors (Lipinski definition) is 2. The third-order valence-corrected chi connectivity index (χ3v) is 2.54. The minimum absolute atomic E-state index is 0.0517. The average molecular weight is 262 g/mol. The number of nitrogen functional groups attached to an aromatic ring is 1. The van der Waals surface area contributed by atoms with E-state index in [-0.39, 0.29) is 5.69 Å². The first kappa shape index (κ1) is 12.9. The summed E-state index contributed by atoms with van der Waals surface area (Å²) in [7, 11) is 0. The van der Waals surface area contributed by atoms with E-state index < -0.39 is 4.92 Å². The van der Waals surface area contributed by atoms with Crippen LogP contribution in [0.1, 0.15) is 18.6 Å². The fourth-order valence-electron chi connectivity index (χ4n) is 1.61. The van der Waals surface area contributed by atoms with Gasteiger partial charge >= 0.3 is 0 Å². The number of anilines is 2. The Morgan fingerprint density at radius 1 is 1.47 bits per heavy atom. The molecule has 0 aliphatic carbocycles. The zero-order valence-electron chi connectivity index (χ0n) is 10.4. The molecule has 1 aromatic carbocycles. The van der Waals surface area contributed by atoms with E-state index in [0.717, 1.165) is 12.2 Å². The number of benzene rings is 1. The number of non-ortho nitro benzene ring substituents is 1. The summed E-state index contributed by atoms with van der Waals surface area (Å²) in [5.41, 5.74) is 6.45. The summed E-state index contributed by atoms with van der Waals surface area (Å²) in [6.45, 7) is 2.32. The van der Waals surface area contributed by atoms with Crippen molar-refractivity contribution in [3.63, 3.8) is 0 Å². The number of nitrogens with two attached hydrogens (primary N) is 1. The normalized spacial score (nSPS) is 10.4. The first-order valence-corrected chi connectivity index (χ1v) is 5.81. The van der Waals surface area contributed by atoms with Gasteiger partial charge in [-0.2, -0.15) is 0 Å². The molecule has 19 heavy (non-hydrogen) atoms.